The van der Waals surface area contributed by atoms with Crippen LogP contribution in [-0.2, 0) is 11.2 Å². The number of hydrogen-bond acceptors (Lipinski definition) is 4. The zero-order valence-corrected chi connectivity index (χ0v) is 14.1. The monoisotopic (exact) mass is 320 g/mol. The fourth-order valence-corrected chi connectivity index (χ4v) is 2.99. The van der Waals surface area contributed by atoms with Gasteiger partial charge in [0.25, 0.3) is 0 Å². The molecule has 0 spiro atoms. The van der Waals surface area contributed by atoms with Crippen molar-refractivity contribution in [2.45, 2.75) is 32.3 Å². The number of nitrogens with zero attached hydrogens (tertiary/aromatic N) is 1. The van der Waals surface area contributed by atoms with E-state index in [4.69, 9.17) is 4.74 Å². The molecule has 1 aliphatic heterocycles. The first-order valence-corrected chi connectivity index (χ1v) is 8.38. The van der Waals surface area contributed by atoms with Crippen molar-refractivity contribution in [2.75, 3.05) is 33.3 Å². The Hall–Kier alpha value is -1.59. The van der Waals surface area contributed by atoms with Crippen molar-refractivity contribution < 1.29 is 14.6 Å². The maximum absolute atomic E-state index is 12.0. The zero-order chi connectivity index (χ0) is 16.7. The smallest absolute Gasteiger partial charge is 0.234 e. The van der Waals surface area contributed by atoms with Crippen molar-refractivity contribution in [3.05, 3.63) is 29.8 Å². The summed E-state index contributed by atoms with van der Waals surface area (Å²) in [5.74, 6) is 1.30. The second-order valence-corrected chi connectivity index (χ2v) is 6.30. The highest BCUT2D eigenvalue weighted by Crippen LogP contribution is 2.20. The van der Waals surface area contributed by atoms with E-state index < -0.39 is 0 Å². The Morgan fingerprint density at radius 1 is 1.35 bits per heavy atom. The molecule has 1 aromatic carbocycles. The maximum atomic E-state index is 12.0. The predicted octanol–water partition coefficient (Wildman–Crippen LogP) is 1.45. The summed E-state index contributed by atoms with van der Waals surface area (Å²) in [6, 6.07) is 7.91. The van der Waals surface area contributed by atoms with Crippen LogP contribution < -0.4 is 10.1 Å². The van der Waals surface area contributed by atoms with E-state index in [1.54, 1.807) is 7.11 Å². The first-order valence-electron chi connectivity index (χ1n) is 8.38. The van der Waals surface area contributed by atoms with Crippen LogP contribution in [0.1, 0.15) is 25.3 Å². The number of aliphatic hydroxyl groups excluding tert-OH is 1. The molecule has 2 N–H and O–H groups in total. The lowest BCUT2D eigenvalue weighted by molar-refractivity contribution is -0.122. The molecule has 0 aromatic heterocycles. The molecule has 1 heterocycles. The molecule has 5 nitrogen and oxygen atoms in total. The highest BCUT2D eigenvalue weighted by molar-refractivity contribution is 5.78. The van der Waals surface area contributed by atoms with E-state index >= 15 is 0 Å². The normalized spacial score (nSPS) is 17.7. The summed E-state index contributed by atoms with van der Waals surface area (Å²) in [4.78, 5) is 14.2. The van der Waals surface area contributed by atoms with Gasteiger partial charge in [-0.25, -0.2) is 0 Å². The van der Waals surface area contributed by atoms with Crippen LogP contribution in [0.5, 0.6) is 5.75 Å². The molecular formula is C18H28N2O3. The molecular weight excluding hydrogens is 292 g/mol. The molecule has 5 heteroatoms. The number of hydrogen-bond donors (Lipinski definition) is 2. The highest BCUT2D eigenvalue weighted by Gasteiger charge is 2.23. The number of nitrogens with one attached hydrogen (secondary N) is 1. The van der Waals surface area contributed by atoms with Gasteiger partial charge < -0.3 is 15.2 Å². The Morgan fingerprint density at radius 2 is 2.00 bits per heavy atom. The Balaban J connectivity index is 1.63. The predicted molar refractivity (Wildman–Crippen MR) is 90.6 cm³/mol. The quantitative estimate of drug-likeness (QED) is 0.798. The molecule has 0 aliphatic carbocycles. The third-order valence-corrected chi connectivity index (χ3v) is 4.58. The number of methoxy groups -OCH3 is 1. The van der Waals surface area contributed by atoms with E-state index in [1.807, 2.05) is 31.2 Å². The summed E-state index contributed by atoms with van der Waals surface area (Å²) >= 11 is 0. The van der Waals surface area contributed by atoms with Crippen LogP contribution in [0, 0.1) is 5.92 Å². The maximum Gasteiger partial charge on any atom is 0.234 e. The van der Waals surface area contributed by atoms with E-state index in [1.165, 1.54) is 5.56 Å². The van der Waals surface area contributed by atoms with Crippen LogP contribution in [0.4, 0.5) is 0 Å². The summed E-state index contributed by atoms with van der Waals surface area (Å²) in [6.45, 7) is 4.74. The molecule has 1 saturated heterocycles. The first-order chi connectivity index (χ1) is 11.1. The molecule has 1 aliphatic rings. The van der Waals surface area contributed by atoms with Crippen LogP contribution in [0.3, 0.4) is 0 Å². The molecule has 23 heavy (non-hydrogen) atoms. The number of carbonyl (C=O) groups excluding carboxylic acids is 1. The van der Waals surface area contributed by atoms with Crippen LogP contribution in [0.2, 0.25) is 0 Å². The molecule has 128 valence electrons. The fraction of sp³-hybridized carbons (Fsp3) is 0.611. The Labute approximate surface area is 138 Å². The lowest BCUT2D eigenvalue weighted by Gasteiger charge is -2.32. The van der Waals surface area contributed by atoms with Gasteiger partial charge in [-0.2, -0.15) is 0 Å². The van der Waals surface area contributed by atoms with E-state index in [2.05, 4.69) is 10.2 Å². The van der Waals surface area contributed by atoms with Gasteiger partial charge in [-0.05, 0) is 62.9 Å². The molecule has 1 aromatic rings. The summed E-state index contributed by atoms with van der Waals surface area (Å²) < 4.78 is 5.13. The lowest BCUT2D eigenvalue weighted by Crippen LogP contribution is -2.43. The van der Waals surface area contributed by atoms with Gasteiger partial charge >= 0.3 is 0 Å². The Bertz CT molecular complexity index is 480. The molecule has 0 radical (unpaired) electrons. The minimum atomic E-state index is -0.240. The summed E-state index contributed by atoms with van der Waals surface area (Å²) in [5.41, 5.74) is 1.18. The minimum Gasteiger partial charge on any atom is -0.497 e. The number of amides is 1. The molecule has 1 unspecified atom stereocenters. The first kappa shape index (κ1) is 17.8. The molecule has 1 fully saturated rings. The van der Waals surface area contributed by atoms with Gasteiger partial charge in [-0.3, -0.25) is 9.69 Å². The van der Waals surface area contributed by atoms with E-state index in [9.17, 15) is 9.90 Å². The van der Waals surface area contributed by atoms with E-state index in [0.29, 0.717) is 19.0 Å². The van der Waals surface area contributed by atoms with Crippen molar-refractivity contribution in [1.82, 2.24) is 10.2 Å². The largest absolute Gasteiger partial charge is 0.497 e. The highest BCUT2D eigenvalue weighted by atomic mass is 16.5. The average Bonchev–Trinajstić information content (AvgIpc) is 2.56. The number of likely N-dealkylation sites (tertiary alicyclic amines) is 1. The number of aliphatic hydroxyl groups is 1. The van der Waals surface area contributed by atoms with Crippen LogP contribution in [0.15, 0.2) is 24.3 Å². The third-order valence-electron chi connectivity index (χ3n) is 4.58. The topological polar surface area (TPSA) is 61.8 Å². The molecule has 0 bridgehead atoms. The second kappa shape index (κ2) is 8.89. The SMILES string of the molecule is COc1ccc(CCNC(=O)CN2CCC(C(C)O)CC2)cc1. The lowest BCUT2D eigenvalue weighted by atomic mass is 9.92. The Morgan fingerprint density at radius 3 is 2.57 bits per heavy atom. The van der Waals surface area contributed by atoms with Gasteiger partial charge in [0.15, 0.2) is 0 Å². The minimum absolute atomic E-state index is 0.0778. The van der Waals surface area contributed by atoms with Crippen LogP contribution >= 0.6 is 0 Å². The zero-order valence-electron chi connectivity index (χ0n) is 14.1. The molecule has 1 atom stereocenters. The number of benzene rings is 1. The second-order valence-electron chi connectivity index (χ2n) is 6.30. The van der Waals surface area contributed by atoms with Crippen molar-refractivity contribution in [3.8, 4) is 5.75 Å². The van der Waals surface area contributed by atoms with Crippen molar-refractivity contribution in [1.29, 1.82) is 0 Å². The number of rotatable bonds is 7. The van der Waals surface area contributed by atoms with Crippen molar-refractivity contribution in [2.24, 2.45) is 5.92 Å². The summed E-state index contributed by atoms with van der Waals surface area (Å²) in [6.07, 6.45) is 2.52. The van der Waals surface area contributed by atoms with Gasteiger partial charge in [0, 0.05) is 6.54 Å². The van der Waals surface area contributed by atoms with E-state index in [-0.39, 0.29) is 12.0 Å². The average molecular weight is 320 g/mol. The summed E-state index contributed by atoms with van der Waals surface area (Å²) in [5, 5.41) is 12.6. The van der Waals surface area contributed by atoms with Crippen molar-refractivity contribution in [3.63, 3.8) is 0 Å². The van der Waals surface area contributed by atoms with Gasteiger partial charge in [0.2, 0.25) is 5.91 Å². The van der Waals surface area contributed by atoms with Crippen LogP contribution in [-0.4, -0.2) is 55.3 Å². The molecule has 0 saturated carbocycles. The Kier molecular flexibility index (Phi) is 6.86. The fourth-order valence-electron chi connectivity index (χ4n) is 2.99. The number of ether oxygens (including phenoxy) is 1. The molecule has 2 rings (SSSR count). The van der Waals surface area contributed by atoms with Gasteiger partial charge in [-0.15, -0.1) is 0 Å². The third kappa shape index (κ3) is 5.84. The molecule has 1 amide bonds. The summed E-state index contributed by atoms with van der Waals surface area (Å²) in [7, 11) is 1.65. The van der Waals surface area contributed by atoms with Crippen LogP contribution in [0.25, 0.3) is 0 Å². The van der Waals surface area contributed by atoms with Gasteiger partial charge in [0.1, 0.15) is 5.75 Å². The van der Waals surface area contributed by atoms with E-state index in [0.717, 1.165) is 38.1 Å². The number of piperidine rings is 1. The number of carbonyl (C=O) groups is 1. The standard InChI is InChI=1S/C18H28N2O3/c1-14(21)16-8-11-20(12-9-16)13-18(22)19-10-7-15-3-5-17(23-2)6-4-15/h3-6,14,16,21H,7-13H2,1-2H3,(H,19,22). The van der Waals surface area contributed by atoms with Crippen molar-refractivity contribution >= 4 is 5.91 Å². The van der Waals surface area contributed by atoms with Gasteiger partial charge in [-0.1, -0.05) is 12.1 Å². The van der Waals surface area contributed by atoms with Gasteiger partial charge in [0.05, 0.1) is 19.8 Å².